The quantitative estimate of drug-likeness (QED) is 0.714. The molecule has 0 unspecified atom stereocenters. The van der Waals surface area contributed by atoms with Crippen LogP contribution in [0.1, 0.15) is 0 Å². The number of benzene rings is 1. The highest BCUT2D eigenvalue weighted by Gasteiger charge is 2.18. The Kier molecular flexibility index (Phi) is 3.11. The van der Waals surface area contributed by atoms with Crippen molar-refractivity contribution in [3.8, 4) is 0 Å². The monoisotopic (exact) mass is 273 g/mol. The van der Waals surface area contributed by atoms with Gasteiger partial charge in [-0.3, -0.25) is 0 Å². The molecule has 2 heterocycles. The summed E-state index contributed by atoms with van der Waals surface area (Å²) in [4.78, 5) is 6.73. The zero-order chi connectivity index (χ0) is 14.1. The molecule has 0 saturated heterocycles. The van der Waals surface area contributed by atoms with Crippen LogP contribution in [-0.2, 0) is 0 Å². The zero-order valence-electron chi connectivity index (χ0n) is 11.3. The van der Waals surface area contributed by atoms with Crippen molar-refractivity contribution in [1.29, 1.82) is 0 Å². The van der Waals surface area contributed by atoms with E-state index in [1.807, 2.05) is 38.4 Å². The lowest BCUT2D eigenvalue weighted by molar-refractivity contribution is -0.783. The third kappa shape index (κ3) is 2.12. The number of aromatic nitrogens is 3. The van der Waals surface area contributed by atoms with Crippen LogP contribution in [0.2, 0.25) is 0 Å². The Morgan fingerprint density at radius 1 is 1.30 bits per heavy atom. The Balaban J connectivity index is 2.10. The summed E-state index contributed by atoms with van der Waals surface area (Å²) in [5, 5.41) is 20.3. The Labute approximate surface area is 115 Å². The Hall–Kier alpha value is -2.41. The van der Waals surface area contributed by atoms with Crippen molar-refractivity contribution in [3.63, 3.8) is 0 Å². The fourth-order valence-electron chi connectivity index (χ4n) is 2.10. The second-order valence-corrected chi connectivity index (χ2v) is 4.84. The number of fused-ring (bicyclic) bond motifs is 3. The van der Waals surface area contributed by atoms with Gasteiger partial charge in [0.25, 0.3) is 0 Å². The maximum atomic E-state index is 11.5. The van der Waals surface area contributed by atoms with E-state index in [1.165, 1.54) is 0 Å². The highest BCUT2D eigenvalue weighted by molar-refractivity contribution is 6.06. The van der Waals surface area contributed by atoms with Gasteiger partial charge in [0.2, 0.25) is 11.3 Å². The third-order valence-electron chi connectivity index (χ3n) is 3.10. The average Bonchev–Trinajstić information content (AvgIpc) is 2.80. The molecule has 3 aromatic rings. The summed E-state index contributed by atoms with van der Waals surface area (Å²) in [6.45, 7) is 1.61. The summed E-state index contributed by atoms with van der Waals surface area (Å²) >= 11 is 0. The topological polar surface area (TPSA) is 81.1 Å². The van der Waals surface area contributed by atoms with E-state index in [4.69, 9.17) is 0 Å². The normalized spacial score (nSPS) is 11.6. The van der Waals surface area contributed by atoms with E-state index in [1.54, 1.807) is 0 Å². The zero-order valence-corrected chi connectivity index (χ0v) is 11.3. The molecule has 0 aliphatic carbocycles. The van der Waals surface area contributed by atoms with Crippen LogP contribution in [0.4, 0.5) is 5.82 Å². The van der Waals surface area contributed by atoms with Crippen molar-refractivity contribution in [1.82, 2.24) is 15.0 Å². The second kappa shape index (κ2) is 4.93. The van der Waals surface area contributed by atoms with Gasteiger partial charge < -0.3 is 20.1 Å². The summed E-state index contributed by atoms with van der Waals surface area (Å²) in [5.74, 6) is 0.669. The highest BCUT2D eigenvalue weighted by atomic mass is 16.8. The number of likely N-dealkylation sites (N-methyl/N-ethyl adjacent to an activating group) is 1. The van der Waals surface area contributed by atoms with Crippen molar-refractivity contribution in [3.05, 3.63) is 29.5 Å². The van der Waals surface area contributed by atoms with Crippen molar-refractivity contribution >= 4 is 27.8 Å². The molecule has 20 heavy (non-hydrogen) atoms. The van der Waals surface area contributed by atoms with Crippen LogP contribution in [-0.4, -0.2) is 42.2 Å². The first kappa shape index (κ1) is 12.6. The summed E-state index contributed by atoms with van der Waals surface area (Å²) in [6.07, 6.45) is 0. The van der Waals surface area contributed by atoms with Crippen LogP contribution in [0.15, 0.2) is 28.9 Å². The third-order valence-corrected chi connectivity index (χ3v) is 3.10. The number of anilines is 1. The molecule has 0 aliphatic rings. The average molecular weight is 273 g/mol. The van der Waals surface area contributed by atoms with E-state index in [0.717, 1.165) is 23.9 Å². The number of hydrogen-bond acceptors (Lipinski definition) is 6. The maximum absolute atomic E-state index is 11.5. The first-order valence-corrected chi connectivity index (χ1v) is 6.33. The van der Waals surface area contributed by atoms with E-state index in [9.17, 15) is 5.21 Å². The lowest BCUT2D eigenvalue weighted by Gasteiger charge is -2.10. The van der Waals surface area contributed by atoms with E-state index in [-0.39, 0.29) is 5.65 Å². The summed E-state index contributed by atoms with van der Waals surface area (Å²) < 4.78 is 4.63. The summed E-state index contributed by atoms with van der Waals surface area (Å²) in [6, 6.07) is 7.68. The van der Waals surface area contributed by atoms with Crippen molar-refractivity contribution in [2.24, 2.45) is 0 Å². The molecular weight excluding hydrogens is 258 g/mol. The molecule has 0 spiro atoms. The SMILES string of the molecule is CN(C)CCNc1nc2c(no[n+]2[O-])c2ccccc12. The van der Waals surface area contributed by atoms with Gasteiger partial charge in [0.15, 0.2) is 0 Å². The minimum Gasteiger partial charge on any atom is -0.391 e. The van der Waals surface area contributed by atoms with Crippen LogP contribution < -0.4 is 10.2 Å². The molecule has 7 heteroatoms. The molecule has 104 valence electrons. The second-order valence-electron chi connectivity index (χ2n) is 4.84. The van der Waals surface area contributed by atoms with Crippen LogP contribution in [0.25, 0.3) is 21.9 Å². The molecule has 7 nitrogen and oxygen atoms in total. The standard InChI is InChI=1S/C13H15N5O2/c1-17(2)8-7-14-12-10-6-4-3-5-9(10)11-13(15-12)18(19)20-16-11/h3-6H,7-8H2,1-2H3,(H,14,15). The van der Waals surface area contributed by atoms with Crippen molar-refractivity contribution < 1.29 is 9.53 Å². The molecule has 0 radical (unpaired) electrons. The Bertz CT molecular complexity index is 753. The maximum Gasteiger partial charge on any atom is 0.344 e. The van der Waals surface area contributed by atoms with E-state index in [2.05, 4.69) is 25.0 Å². The molecule has 0 fully saturated rings. The highest BCUT2D eigenvalue weighted by Crippen LogP contribution is 2.26. The van der Waals surface area contributed by atoms with Gasteiger partial charge in [0.1, 0.15) is 0 Å². The lowest BCUT2D eigenvalue weighted by atomic mass is 10.1. The van der Waals surface area contributed by atoms with E-state index >= 15 is 0 Å². The van der Waals surface area contributed by atoms with Gasteiger partial charge in [0.05, 0.1) is 0 Å². The molecule has 1 aromatic carbocycles. The summed E-state index contributed by atoms with van der Waals surface area (Å²) in [7, 11) is 4.00. The van der Waals surface area contributed by atoms with E-state index in [0.29, 0.717) is 16.2 Å². The predicted molar refractivity (Wildman–Crippen MR) is 75.3 cm³/mol. The smallest absolute Gasteiger partial charge is 0.344 e. The lowest BCUT2D eigenvalue weighted by Crippen LogP contribution is -2.25. The van der Waals surface area contributed by atoms with Crippen LogP contribution >= 0.6 is 0 Å². The van der Waals surface area contributed by atoms with Crippen molar-refractivity contribution in [2.45, 2.75) is 0 Å². The van der Waals surface area contributed by atoms with Gasteiger partial charge in [-0.2, -0.15) is 0 Å². The molecular formula is C13H15N5O2. The Morgan fingerprint density at radius 2 is 2.05 bits per heavy atom. The fourth-order valence-corrected chi connectivity index (χ4v) is 2.10. The molecule has 3 rings (SSSR count). The van der Waals surface area contributed by atoms with Crippen LogP contribution in [0.5, 0.6) is 0 Å². The van der Waals surface area contributed by atoms with Gasteiger partial charge >= 0.3 is 5.65 Å². The van der Waals surface area contributed by atoms with Gasteiger partial charge in [0, 0.05) is 23.9 Å². The van der Waals surface area contributed by atoms with Crippen molar-refractivity contribution in [2.75, 3.05) is 32.5 Å². The van der Waals surface area contributed by atoms with Gasteiger partial charge in [-0.05, 0) is 25.3 Å². The first-order valence-electron chi connectivity index (χ1n) is 6.33. The predicted octanol–water partition coefficient (Wildman–Crippen LogP) is 0.983. The van der Waals surface area contributed by atoms with Crippen LogP contribution in [0, 0.1) is 5.21 Å². The number of pyridine rings is 1. The first-order chi connectivity index (χ1) is 9.66. The minimum absolute atomic E-state index is 0.191. The number of rotatable bonds is 4. The largest absolute Gasteiger partial charge is 0.391 e. The van der Waals surface area contributed by atoms with Gasteiger partial charge in [-0.15, -0.1) is 0 Å². The molecule has 0 bridgehead atoms. The number of nitrogens with one attached hydrogen (secondary N) is 1. The van der Waals surface area contributed by atoms with Gasteiger partial charge in [-0.25, -0.2) is 0 Å². The summed E-state index contributed by atoms with van der Waals surface area (Å²) in [5.41, 5.74) is 0.671. The molecule has 0 aliphatic heterocycles. The molecule has 0 atom stereocenters. The molecule has 1 N–H and O–H groups in total. The molecule has 0 amide bonds. The van der Waals surface area contributed by atoms with E-state index < -0.39 is 0 Å². The molecule has 2 aromatic heterocycles. The Morgan fingerprint density at radius 3 is 2.80 bits per heavy atom. The fraction of sp³-hybridized carbons (Fsp3) is 0.308. The van der Waals surface area contributed by atoms with Gasteiger partial charge in [-0.1, -0.05) is 28.1 Å². The molecule has 0 saturated carbocycles. The number of hydrogen-bond donors (Lipinski definition) is 1. The van der Waals surface area contributed by atoms with Crippen LogP contribution in [0.3, 0.4) is 0 Å². The number of nitrogens with zero attached hydrogens (tertiary/aromatic N) is 4. The minimum atomic E-state index is 0.191.